The molecule has 2 aliphatic heterocycles. The maximum atomic E-state index is 12.5. The van der Waals surface area contributed by atoms with Crippen molar-refractivity contribution in [2.45, 2.75) is 51.0 Å². The van der Waals surface area contributed by atoms with Gasteiger partial charge in [0, 0.05) is 62.9 Å². The molecular formula is C25H36N4O3. The number of amides is 1. The fourth-order valence-electron chi connectivity index (χ4n) is 5.53. The van der Waals surface area contributed by atoms with E-state index in [0.717, 1.165) is 87.8 Å². The van der Waals surface area contributed by atoms with E-state index < -0.39 is 0 Å². The Kier molecular flexibility index (Phi) is 6.93. The van der Waals surface area contributed by atoms with Crippen molar-refractivity contribution in [3.05, 3.63) is 24.6 Å². The number of hydrogen-bond donors (Lipinski definition) is 1. The third kappa shape index (κ3) is 5.09. The average Bonchev–Trinajstić information content (AvgIpc) is 3.34. The SMILES string of the molecule is O=C(N[C@H]1CC[C@H](CCN2CCN(c3nccc4ccoc34)CC2)CC1)C1CCOCC1. The Hall–Kier alpha value is -2.12. The molecule has 1 saturated carbocycles. The smallest absolute Gasteiger partial charge is 0.223 e. The summed E-state index contributed by atoms with van der Waals surface area (Å²) in [7, 11) is 0. The average molecular weight is 441 g/mol. The molecule has 0 radical (unpaired) electrons. The van der Waals surface area contributed by atoms with Crippen LogP contribution in [0.4, 0.5) is 5.82 Å². The number of anilines is 1. The Morgan fingerprint density at radius 2 is 1.81 bits per heavy atom. The predicted molar refractivity (Wildman–Crippen MR) is 125 cm³/mol. The summed E-state index contributed by atoms with van der Waals surface area (Å²) in [4.78, 5) is 22.0. The van der Waals surface area contributed by atoms with Gasteiger partial charge in [0.05, 0.1) is 6.26 Å². The number of fused-ring (bicyclic) bond motifs is 1. The number of aromatic nitrogens is 1. The number of nitrogens with zero attached hydrogens (tertiary/aromatic N) is 3. The fraction of sp³-hybridized carbons (Fsp3) is 0.680. The lowest BCUT2D eigenvalue weighted by atomic mass is 9.83. The molecule has 7 heteroatoms. The molecule has 3 fully saturated rings. The minimum Gasteiger partial charge on any atom is -0.460 e. The van der Waals surface area contributed by atoms with Gasteiger partial charge in [-0.15, -0.1) is 0 Å². The van der Waals surface area contributed by atoms with Crippen molar-refractivity contribution in [1.82, 2.24) is 15.2 Å². The Labute approximate surface area is 190 Å². The van der Waals surface area contributed by atoms with Gasteiger partial charge in [0.15, 0.2) is 11.4 Å². The standard InChI is InChI=1S/C25H36N4O3/c30-25(21-7-16-31-17-8-21)27-22-3-1-19(2-4-22)6-11-28-12-14-29(15-13-28)24-23-20(5-10-26-24)9-18-32-23/h5,9-10,18-19,21-22H,1-4,6-8,11-17H2,(H,27,30)/t19-,22-. The molecule has 0 atom stereocenters. The summed E-state index contributed by atoms with van der Waals surface area (Å²) >= 11 is 0. The van der Waals surface area contributed by atoms with Crippen LogP contribution in [0.1, 0.15) is 44.9 Å². The van der Waals surface area contributed by atoms with Crippen LogP contribution in [-0.2, 0) is 9.53 Å². The number of hydrogen-bond acceptors (Lipinski definition) is 6. The molecule has 5 rings (SSSR count). The van der Waals surface area contributed by atoms with Crippen LogP contribution in [-0.4, -0.2) is 67.8 Å². The number of ether oxygens (including phenoxy) is 1. The number of carbonyl (C=O) groups excluding carboxylic acids is 1. The van der Waals surface area contributed by atoms with E-state index in [1.165, 1.54) is 25.8 Å². The highest BCUT2D eigenvalue weighted by atomic mass is 16.5. The summed E-state index contributed by atoms with van der Waals surface area (Å²) < 4.78 is 11.1. The lowest BCUT2D eigenvalue weighted by molar-refractivity contribution is -0.128. The normalized spacial score (nSPS) is 25.8. The fourth-order valence-corrected chi connectivity index (χ4v) is 5.53. The highest BCUT2D eigenvalue weighted by Gasteiger charge is 2.27. The molecule has 4 heterocycles. The summed E-state index contributed by atoms with van der Waals surface area (Å²) in [5.41, 5.74) is 0.904. The molecule has 7 nitrogen and oxygen atoms in total. The molecule has 0 bridgehead atoms. The second kappa shape index (κ2) is 10.2. The van der Waals surface area contributed by atoms with E-state index in [2.05, 4.69) is 20.1 Å². The molecule has 0 aromatic carbocycles. The predicted octanol–water partition coefficient (Wildman–Crippen LogP) is 3.44. The van der Waals surface area contributed by atoms with E-state index in [1.807, 2.05) is 18.3 Å². The van der Waals surface area contributed by atoms with E-state index in [1.54, 1.807) is 6.26 Å². The van der Waals surface area contributed by atoms with Gasteiger partial charge in [0.25, 0.3) is 0 Å². The quantitative estimate of drug-likeness (QED) is 0.742. The molecule has 32 heavy (non-hydrogen) atoms. The minimum absolute atomic E-state index is 0.162. The maximum absolute atomic E-state index is 12.5. The van der Waals surface area contributed by atoms with E-state index in [4.69, 9.17) is 9.15 Å². The first-order valence-electron chi connectivity index (χ1n) is 12.4. The van der Waals surface area contributed by atoms with Gasteiger partial charge in [-0.1, -0.05) is 0 Å². The van der Waals surface area contributed by atoms with Gasteiger partial charge >= 0.3 is 0 Å². The highest BCUT2D eigenvalue weighted by molar-refractivity contribution is 5.87. The number of carbonyl (C=O) groups is 1. The van der Waals surface area contributed by atoms with Crippen molar-refractivity contribution in [3.8, 4) is 0 Å². The molecule has 1 N–H and O–H groups in total. The van der Waals surface area contributed by atoms with Crippen LogP contribution in [0.3, 0.4) is 0 Å². The van der Waals surface area contributed by atoms with E-state index in [9.17, 15) is 4.79 Å². The van der Waals surface area contributed by atoms with Crippen molar-refractivity contribution in [3.63, 3.8) is 0 Å². The van der Waals surface area contributed by atoms with Crippen LogP contribution in [0.5, 0.6) is 0 Å². The first-order chi connectivity index (χ1) is 15.8. The maximum Gasteiger partial charge on any atom is 0.223 e. The van der Waals surface area contributed by atoms with E-state index in [-0.39, 0.29) is 11.8 Å². The van der Waals surface area contributed by atoms with Crippen LogP contribution < -0.4 is 10.2 Å². The van der Waals surface area contributed by atoms with Crippen LogP contribution in [0.15, 0.2) is 29.0 Å². The van der Waals surface area contributed by atoms with Gasteiger partial charge in [-0.05, 0) is 69.5 Å². The first-order valence-corrected chi connectivity index (χ1v) is 12.4. The Morgan fingerprint density at radius 3 is 2.59 bits per heavy atom. The summed E-state index contributed by atoms with van der Waals surface area (Å²) in [6.07, 6.45) is 11.4. The molecule has 0 unspecified atom stereocenters. The van der Waals surface area contributed by atoms with Crippen molar-refractivity contribution < 1.29 is 13.9 Å². The second-order valence-corrected chi connectivity index (χ2v) is 9.70. The second-order valence-electron chi connectivity index (χ2n) is 9.70. The van der Waals surface area contributed by atoms with Crippen molar-refractivity contribution in [2.75, 3.05) is 50.8 Å². The lowest BCUT2D eigenvalue weighted by Crippen LogP contribution is -2.47. The van der Waals surface area contributed by atoms with Crippen LogP contribution in [0.25, 0.3) is 11.0 Å². The third-order valence-electron chi connectivity index (χ3n) is 7.66. The largest absolute Gasteiger partial charge is 0.460 e. The molecular weight excluding hydrogens is 404 g/mol. The molecule has 2 saturated heterocycles. The summed E-state index contributed by atoms with van der Waals surface area (Å²) in [6.45, 7) is 6.79. The number of nitrogens with one attached hydrogen (secondary N) is 1. The van der Waals surface area contributed by atoms with Gasteiger partial charge < -0.3 is 19.4 Å². The Balaban J connectivity index is 1.01. The summed E-state index contributed by atoms with van der Waals surface area (Å²) in [6, 6.07) is 4.38. The molecule has 3 aliphatic rings. The van der Waals surface area contributed by atoms with Gasteiger partial charge in [-0.2, -0.15) is 0 Å². The van der Waals surface area contributed by atoms with Crippen molar-refractivity contribution in [1.29, 1.82) is 0 Å². The molecule has 0 spiro atoms. The van der Waals surface area contributed by atoms with Crippen molar-refractivity contribution in [2.24, 2.45) is 11.8 Å². The molecule has 2 aromatic rings. The minimum atomic E-state index is 0.162. The summed E-state index contributed by atoms with van der Waals surface area (Å²) in [5.74, 6) is 2.19. The van der Waals surface area contributed by atoms with Crippen LogP contribution >= 0.6 is 0 Å². The van der Waals surface area contributed by atoms with Crippen LogP contribution in [0, 0.1) is 11.8 Å². The Morgan fingerprint density at radius 1 is 1.03 bits per heavy atom. The number of furan rings is 1. The van der Waals surface area contributed by atoms with Gasteiger partial charge in [0.1, 0.15) is 0 Å². The Bertz CT molecular complexity index is 878. The third-order valence-corrected chi connectivity index (χ3v) is 7.66. The molecule has 2 aromatic heterocycles. The highest BCUT2D eigenvalue weighted by Crippen LogP contribution is 2.29. The summed E-state index contributed by atoms with van der Waals surface area (Å²) in [5, 5.41) is 4.44. The van der Waals surface area contributed by atoms with Gasteiger partial charge in [0.2, 0.25) is 5.91 Å². The first kappa shape index (κ1) is 21.7. The lowest BCUT2D eigenvalue weighted by Gasteiger charge is -2.36. The van der Waals surface area contributed by atoms with Gasteiger partial charge in [-0.3, -0.25) is 9.69 Å². The zero-order chi connectivity index (χ0) is 21.8. The zero-order valence-corrected chi connectivity index (χ0v) is 19.0. The van der Waals surface area contributed by atoms with E-state index >= 15 is 0 Å². The van der Waals surface area contributed by atoms with Crippen molar-refractivity contribution >= 4 is 22.7 Å². The number of pyridine rings is 1. The van der Waals surface area contributed by atoms with E-state index in [0.29, 0.717) is 6.04 Å². The topological polar surface area (TPSA) is 70.8 Å². The monoisotopic (exact) mass is 440 g/mol. The molecule has 174 valence electrons. The molecule has 1 aliphatic carbocycles. The zero-order valence-electron chi connectivity index (χ0n) is 19.0. The van der Waals surface area contributed by atoms with Crippen LogP contribution in [0.2, 0.25) is 0 Å². The number of piperazine rings is 1. The number of rotatable bonds is 6. The van der Waals surface area contributed by atoms with Gasteiger partial charge in [-0.25, -0.2) is 4.98 Å². The molecule has 1 amide bonds.